The number of carbonyl (C=O) groups excluding carboxylic acids is 2. The molecule has 1 N–H and O–H groups in total. The largest absolute Gasteiger partial charge is 0.459 e. The van der Waals surface area contributed by atoms with Crippen molar-refractivity contribution in [2.45, 2.75) is 51.1 Å². The SMILES string of the molecule is CC(=O)NC1C(COC(=O)c2ccccc2)OC2OC(C)(C)OC21. The van der Waals surface area contributed by atoms with Gasteiger partial charge in [0.15, 0.2) is 12.1 Å². The van der Waals surface area contributed by atoms with Crippen molar-refractivity contribution in [3.8, 4) is 0 Å². The maximum absolute atomic E-state index is 12.1. The van der Waals surface area contributed by atoms with Crippen LogP contribution in [-0.2, 0) is 23.7 Å². The summed E-state index contributed by atoms with van der Waals surface area (Å²) in [6, 6.07) is 8.24. The fourth-order valence-electron chi connectivity index (χ4n) is 2.94. The van der Waals surface area contributed by atoms with Gasteiger partial charge in [-0.1, -0.05) is 18.2 Å². The van der Waals surface area contributed by atoms with E-state index < -0.39 is 36.3 Å². The third kappa shape index (κ3) is 3.58. The normalized spacial score (nSPS) is 30.6. The molecular weight excluding hydrogens is 314 g/mol. The summed E-state index contributed by atoms with van der Waals surface area (Å²) in [6.07, 6.45) is -1.57. The van der Waals surface area contributed by atoms with Gasteiger partial charge in [0, 0.05) is 6.92 Å². The molecule has 1 aromatic rings. The molecular formula is C17H21NO6. The van der Waals surface area contributed by atoms with Crippen molar-refractivity contribution in [3.63, 3.8) is 0 Å². The fraction of sp³-hybridized carbons (Fsp3) is 0.529. The van der Waals surface area contributed by atoms with Gasteiger partial charge in [0.05, 0.1) is 11.6 Å². The smallest absolute Gasteiger partial charge is 0.338 e. The highest BCUT2D eigenvalue weighted by atomic mass is 16.8. The van der Waals surface area contributed by atoms with E-state index in [2.05, 4.69) is 5.32 Å². The molecule has 2 fully saturated rings. The van der Waals surface area contributed by atoms with Crippen molar-refractivity contribution in [3.05, 3.63) is 35.9 Å². The molecule has 0 bridgehead atoms. The van der Waals surface area contributed by atoms with Crippen LogP contribution in [-0.4, -0.2) is 48.8 Å². The third-order valence-electron chi connectivity index (χ3n) is 3.91. The van der Waals surface area contributed by atoms with E-state index >= 15 is 0 Å². The Hall–Kier alpha value is -1.96. The van der Waals surface area contributed by atoms with E-state index in [-0.39, 0.29) is 12.5 Å². The zero-order chi connectivity index (χ0) is 17.3. The lowest BCUT2D eigenvalue weighted by molar-refractivity contribution is -0.210. The van der Waals surface area contributed by atoms with E-state index in [9.17, 15) is 9.59 Å². The molecule has 4 unspecified atom stereocenters. The summed E-state index contributed by atoms with van der Waals surface area (Å²) in [7, 11) is 0. The van der Waals surface area contributed by atoms with Crippen LogP contribution in [0, 0.1) is 0 Å². The number of fused-ring (bicyclic) bond motifs is 1. The number of hydrogen-bond acceptors (Lipinski definition) is 6. The lowest BCUT2D eigenvalue weighted by Crippen LogP contribution is -2.49. The number of hydrogen-bond donors (Lipinski definition) is 1. The minimum atomic E-state index is -0.780. The predicted molar refractivity (Wildman–Crippen MR) is 83.0 cm³/mol. The quantitative estimate of drug-likeness (QED) is 0.833. The Balaban J connectivity index is 1.64. The van der Waals surface area contributed by atoms with Gasteiger partial charge in [0.1, 0.15) is 18.8 Å². The van der Waals surface area contributed by atoms with E-state index in [1.54, 1.807) is 38.1 Å². The molecule has 2 heterocycles. The van der Waals surface area contributed by atoms with Crippen molar-refractivity contribution < 1.29 is 28.5 Å². The van der Waals surface area contributed by atoms with Crippen molar-refractivity contribution >= 4 is 11.9 Å². The van der Waals surface area contributed by atoms with Crippen LogP contribution < -0.4 is 5.32 Å². The van der Waals surface area contributed by atoms with Gasteiger partial charge in [-0.2, -0.15) is 0 Å². The average Bonchev–Trinajstić information content (AvgIpc) is 2.98. The fourth-order valence-corrected chi connectivity index (χ4v) is 2.94. The first-order valence-electron chi connectivity index (χ1n) is 7.86. The zero-order valence-corrected chi connectivity index (χ0v) is 13.9. The van der Waals surface area contributed by atoms with Crippen LogP contribution in [0.15, 0.2) is 30.3 Å². The van der Waals surface area contributed by atoms with Crippen molar-refractivity contribution in [1.82, 2.24) is 5.32 Å². The Morgan fingerprint density at radius 3 is 2.58 bits per heavy atom. The number of ether oxygens (including phenoxy) is 4. The summed E-state index contributed by atoms with van der Waals surface area (Å²) >= 11 is 0. The Morgan fingerprint density at radius 1 is 1.21 bits per heavy atom. The molecule has 0 aliphatic carbocycles. The number of nitrogens with one attached hydrogen (secondary N) is 1. The van der Waals surface area contributed by atoms with Crippen molar-refractivity contribution in [2.75, 3.05) is 6.61 Å². The lowest BCUT2D eigenvalue weighted by atomic mass is 10.1. The van der Waals surface area contributed by atoms with Crippen LogP contribution in [0.4, 0.5) is 0 Å². The molecule has 0 aromatic heterocycles. The third-order valence-corrected chi connectivity index (χ3v) is 3.91. The molecule has 3 rings (SSSR count). The second-order valence-electron chi connectivity index (χ2n) is 6.33. The topological polar surface area (TPSA) is 83.1 Å². The van der Waals surface area contributed by atoms with Crippen LogP contribution in [0.3, 0.4) is 0 Å². The number of amides is 1. The highest BCUT2D eigenvalue weighted by molar-refractivity contribution is 5.89. The van der Waals surface area contributed by atoms with Gasteiger partial charge in [0.25, 0.3) is 0 Å². The summed E-state index contributed by atoms with van der Waals surface area (Å²) < 4.78 is 22.6. The van der Waals surface area contributed by atoms with Gasteiger partial charge < -0.3 is 24.3 Å². The number of esters is 1. The van der Waals surface area contributed by atoms with Crippen molar-refractivity contribution in [2.24, 2.45) is 0 Å². The predicted octanol–water partition coefficient (Wildman–Crippen LogP) is 1.22. The molecule has 24 heavy (non-hydrogen) atoms. The Kier molecular flexibility index (Phi) is 4.58. The summed E-state index contributed by atoms with van der Waals surface area (Å²) in [6.45, 7) is 4.98. The van der Waals surface area contributed by atoms with Gasteiger partial charge in [-0.05, 0) is 26.0 Å². The Morgan fingerprint density at radius 2 is 1.92 bits per heavy atom. The minimum Gasteiger partial charge on any atom is -0.459 e. The lowest BCUT2D eigenvalue weighted by Gasteiger charge is -2.25. The van der Waals surface area contributed by atoms with E-state index in [1.165, 1.54) is 6.92 Å². The maximum Gasteiger partial charge on any atom is 0.338 e. The molecule has 0 radical (unpaired) electrons. The van der Waals surface area contributed by atoms with E-state index in [0.717, 1.165) is 0 Å². The molecule has 0 spiro atoms. The molecule has 7 heteroatoms. The second-order valence-corrected chi connectivity index (χ2v) is 6.33. The van der Waals surface area contributed by atoms with E-state index in [1.807, 2.05) is 6.07 Å². The highest BCUT2D eigenvalue weighted by Gasteiger charge is 2.55. The number of rotatable bonds is 4. The number of benzene rings is 1. The summed E-state index contributed by atoms with van der Waals surface area (Å²) in [4.78, 5) is 23.5. The van der Waals surface area contributed by atoms with Gasteiger partial charge in [-0.3, -0.25) is 4.79 Å². The second kappa shape index (κ2) is 6.51. The summed E-state index contributed by atoms with van der Waals surface area (Å²) in [5.41, 5.74) is 0.459. The first-order valence-corrected chi connectivity index (χ1v) is 7.86. The molecule has 1 aromatic carbocycles. The first-order chi connectivity index (χ1) is 11.4. The molecule has 2 aliphatic rings. The van der Waals surface area contributed by atoms with Gasteiger partial charge in [-0.25, -0.2) is 4.79 Å². The van der Waals surface area contributed by atoms with Gasteiger partial charge in [0.2, 0.25) is 5.91 Å². The zero-order valence-electron chi connectivity index (χ0n) is 13.9. The van der Waals surface area contributed by atoms with Crippen LogP contribution in [0.2, 0.25) is 0 Å². The molecule has 2 saturated heterocycles. The molecule has 2 aliphatic heterocycles. The van der Waals surface area contributed by atoms with Gasteiger partial charge >= 0.3 is 5.97 Å². The van der Waals surface area contributed by atoms with Crippen molar-refractivity contribution in [1.29, 1.82) is 0 Å². The standard InChI is InChI=1S/C17H21NO6/c1-10(19)18-13-12(22-16-14(13)23-17(2,3)24-16)9-21-15(20)11-7-5-4-6-8-11/h4-8,12-14,16H,9H2,1-3H3,(H,18,19). The highest BCUT2D eigenvalue weighted by Crippen LogP contribution is 2.37. The number of carbonyl (C=O) groups is 2. The summed E-state index contributed by atoms with van der Waals surface area (Å²) in [5.74, 6) is -1.44. The first kappa shape index (κ1) is 16.9. The van der Waals surface area contributed by atoms with Crippen LogP contribution >= 0.6 is 0 Å². The monoisotopic (exact) mass is 335 g/mol. The van der Waals surface area contributed by atoms with Crippen LogP contribution in [0.25, 0.3) is 0 Å². The molecule has 4 atom stereocenters. The minimum absolute atomic E-state index is 0.00117. The van der Waals surface area contributed by atoms with E-state index in [0.29, 0.717) is 5.56 Å². The average molecular weight is 335 g/mol. The maximum atomic E-state index is 12.1. The van der Waals surface area contributed by atoms with Crippen LogP contribution in [0.1, 0.15) is 31.1 Å². The van der Waals surface area contributed by atoms with E-state index in [4.69, 9.17) is 18.9 Å². The molecule has 1 amide bonds. The molecule has 0 saturated carbocycles. The molecule has 7 nitrogen and oxygen atoms in total. The Labute approximate surface area is 140 Å². The summed E-state index contributed by atoms with van der Waals surface area (Å²) in [5, 5.41) is 2.80. The van der Waals surface area contributed by atoms with Gasteiger partial charge in [-0.15, -0.1) is 0 Å². The van der Waals surface area contributed by atoms with Crippen LogP contribution in [0.5, 0.6) is 0 Å². The Bertz CT molecular complexity index is 617. The molecule has 130 valence electrons.